The Morgan fingerprint density at radius 2 is 1.85 bits per heavy atom. The summed E-state index contributed by atoms with van der Waals surface area (Å²) in [4.78, 5) is 26.4. The van der Waals surface area contributed by atoms with Gasteiger partial charge in [0.25, 0.3) is 0 Å². The first-order valence-corrected chi connectivity index (χ1v) is 9.59. The number of benzene rings is 2. The Hall–Kier alpha value is -2.82. The summed E-state index contributed by atoms with van der Waals surface area (Å²) in [5, 5.41) is 5.31. The van der Waals surface area contributed by atoms with Crippen molar-refractivity contribution in [3.05, 3.63) is 59.2 Å². The molecule has 2 N–H and O–H groups in total. The maximum absolute atomic E-state index is 12.0. The van der Waals surface area contributed by atoms with Crippen LogP contribution in [0, 0.1) is 6.92 Å². The molecule has 2 aromatic rings. The van der Waals surface area contributed by atoms with Gasteiger partial charge in [0, 0.05) is 31.0 Å². The summed E-state index contributed by atoms with van der Waals surface area (Å²) in [7, 11) is 0. The Balaban J connectivity index is 1.49. The number of nitrogens with one attached hydrogen (secondary N) is 2. The molecular weight excluding hydrogens is 338 g/mol. The highest BCUT2D eigenvalue weighted by atomic mass is 16.2. The van der Waals surface area contributed by atoms with Crippen LogP contribution in [-0.4, -0.2) is 31.4 Å². The van der Waals surface area contributed by atoms with Gasteiger partial charge in [0.2, 0.25) is 0 Å². The molecule has 0 bridgehead atoms. The minimum atomic E-state index is -0.636. The zero-order valence-corrected chi connectivity index (χ0v) is 16.0. The minimum Gasteiger partial charge on any atom is -0.372 e. The van der Waals surface area contributed by atoms with Gasteiger partial charge in [0.15, 0.2) is 0 Å². The number of carbonyl (C=O) groups excluding carboxylic acids is 2. The Bertz CT molecular complexity index is 815. The second-order valence-electron chi connectivity index (χ2n) is 6.97. The number of amides is 2. The molecule has 5 nitrogen and oxygen atoms in total. The number of aryl methyl sites for hydroxylation is 2. The first-order valence-electron chi connectivity index (χ1n) is 9.59. The van der Waals surface area contributed by atoms with E-state index in [4.69, 9.17) is 0 Å². The van der Waals surface area contributed by atoms with Crippen molar-refractivity contribution in [3.8, 4) is 0 Å². The van der Waals surface area contributed by atoms with E-state index in [1.54, 1.807) is 12.1 Å². The lowest BCUT2D eigenvalue weighted by Crippen LogP contribution is -2.36. The number of hydrogen-bond donors (Lipinski definition) is 2. The molecular formula is C22H27N3O2. The average Bonchev–Trinajstić information content (AvgIpc) is 2.68. The SMILES string of the molecule is CCN1CCCc2cc(CCNC(=O)C(=O)Nc3ccc(C)cc3)ccc21. The molecule has 0 atom stereocenters. The van der Waals surface area contributed by atoms with Crippen molar-refractivity contribution in [2.24, 2.45) is 0 Å². The van der Waals surface area contributed by atoms with Crippen LogP contribution in [0.3, 0.4) is 0 Å². The van der Waals surface area contributed by atoms with Gasteiger partial charge in [-0.3, -0.25) is 9.59 Å². The Labute approximate surface area is 160 Å². The molecule has 5 heteroatoms. The van der Waals surface area contributed by atoms with Gasteiger partial charge >= 0.3 is 11.8 Å². The third kappa shape index (κ3) is 4.88. The monoisotopic (exact) mass is 365 g/mol. The van der Waals surface area contributed by atoms with E-state index in [1.807, 2.05) is 19.1 Å². The number of rotatable bonds is 5. The molecule has 142 valence electrons. The van der Waals surface area contributed by atoms with Crippen LogP contribution in [0.5, 0.6) is 0 Å². The first kappa shape index (κ1) is 19.0. The Morgan fingerprint density at radius 3 is 2.59 bits per heavy atom. The van der Waals surface area contributed by atoms with Crippen molar-refractivity contribution < 1.29 is 9.59 Å². The largest absolute Gasteiger partial charge is 0.372 e. The highest BCUT2D eigenvalue weighted by Crippen LogP contribution is 2.27. The van der Waals surface area contributed by atoms with Gasteiger partial charge in [-0.25, -0.2) is 0 Å². The molecule has 0 saturated carbocycles. The maximum Gasteiger partial charge on any atom is 0.313 e. The number of anilines is 2. The van der Waals surface area contributed by atoms with Crippen LogP contribution in [0.25, 0.3) is 0 Å². The molecule has 1 heterocycles. The van der Waals surface area contributed by atoms with Gasteiger partial charge in [-0.05, 0) is 62.4 Å². The fourth-order valence-electron chi connectivity index (χ4n) is 3.44. The molecule has 0 aliphatic carbocycles. The average molecular weight is 365 g/mol. The molecule has 0 spiro atoms. The maximum atomic E-state index is 12.0. The van der Waals surface area contributed by atoms with Gasteiger partial charge in [0.05, 0.1) is 0 Å². The van der Waals surface area contributed by atoms with Crippen LogP contribution in [0.2, 0.25) is 0 Å². The summed E-state index contributed by atoms with van der Waals surface area (Å²) < 4.78 is 0. The molecule has 0 unspecified atom stereocenters. The molecule has 1 aliphatic heterocycles. The summed E-state index contributed by atoms with van der Waals surface area (Å²) >= 11 is 0. The fourth-order valence-corrected chi connectivity index (χ4v) is 3.44. The second-order valence-corrected chi connectivity index (χ2v) is 6.97. The van der Waals surface area contributed by atoms with Crippen LogP contribution in [0.4, 0.5) is 11.4 Å². The standard InChI is InChI=1S/C22H27N3O2/c1-3-25-14-4-5-18-15-17(8-11-20(18)25)12-13-23-21(26)22(27)24-19-9-6-16(2)7-10-19/h6-11,15H,3-5,12-14H2,1-2H3,(H,23,26)(H,24,27). The quantitative estimate of drug-likeness (QED) is 0.801. The zero-order valence-electron chi connectivity index (χ0n) is 16.0. The van der Waals surface area contributed by atoms with Crippen molar-refractivity contribution in [3.63, 3.8) is 0 Å². The van der Waals surface area contributed by atoms with E-state index in [0.717, 1.165) is 25.1 Å². The van der Waals surface area contributed by atoms with E-state index in [-0.39, 0.29) is 0 Å². The third-order valence-electron chi connectivity index (χ3n) is 4.96. The van der Waals surface area contributed by atoms with Gasteiger partial charge in [-0.2, -0.15) is 0 Å². The second kappa shape index (κ2) is 8.71. The first-order chi connectivity index (χ1) is 13.1. The highest BCUT2D eigenvalue weighted by molar-refractivity contribution is 6.39. The smallest absolute Gasteiger partial charge is 0.313 e. The van der Waals surface area contributed by atoms with Gasteiger partial charge in [-0.15, -0.1) is 0 Å². The summed E-state index contributed by atoms with van der Waals surface area (Å²) in [6, 6.07) is 13.9. The summed E-state index contributed by atoms with van der Waals surface area (Å²) in [6.45, 7) is 6.74. The number of carbonyl (C=O) groups is 2. The molecule has 0 saturated heterocycles. The summed E-state index contributed by atoms with van der Waals surface area (Å²) in [5.41, 5.74) is 5.62. The van der Waals surface area contributed by atoms with Crippen molar-refractivity contribution in [1.29, 1.82) is 0 Å². The van der Waals surface area contributed by atoms with Gasteiger partial charge in [-0.1, -0.05) is 29.8 Å². The summed E-state index contributed by atoms with van der Waals surface area (Å²) in [6.07, 6.45) is 2.99. The lowest BCUT2D eigenvalue weighted by molar-refractivity contribution is -0.136. The van der Waals surface area contributed by atoms with Crippen LogP contribution in [0.15, 0.2) is 42.5 Å². The zero-order chi connectivity index (χ0) is 19.2. The predicted molar refractivity (Wildman–Crippen MR) is 109 cm³/mol. The third-order valence-corrected chi connectivity index (χ3v) is 4.96. The van der Waals surface area contributed by atoms with E-state index >= 15 is 0 Å². The van der Waals surface area contributed by atoms with E-state index in [9.17, 15) is 9.59 Å². The summed E-state index contributed by atoms with van der Waals surface area (Å²) in [5.74, 6) is -1.24. The molecule has 0 radical (unpaired) electrons. The van der Waals surface area contributed by atoms with E-state index in [2.05, 4.69) is 40.7 Å². The van der Waals surface area contributed by atoms with Crippen LogP contribution < -0.4 is 15.5 Å². The molecule has 3 rings (SSSR count). The fraction of sp³-hybridized carbons (Fsp3) is 0.364. The molecule has 2 amide bonds. The van der Waals surface area contributed by atoms with Crippen molar-refractivity contribution in [2.45, 2.75) is 33.1 Å². The van der Waals surface area contributed by atoms with Crippen molar-refractivity contribution >= 4 is 23.2 Å². The molecule has 0 aromatic heterocycles. The highest BCUT2D eigenvalue weighted by Gasteiger charge is 2.16. The van der Waals surface area contributed by atoms with Crippen LogP contribution >= 0.6 is 0 Å². The molecule has 0 fully saturated rings. The topological polar surface area (TPSA) is 61.4 Å². The van der Waals surface area contributed by atoms with E-state index in [0.29, 0.717) is 18.7 Å². The number of hydrogen-bond acceptors (Lipinski definition) is 3. The van der Waals surface area contributed by atoms with Gasteiger partial charge in [0.1, 0.15) is 0 Å². The molecule has 1 aliphatic rings. The number of fused-ring (bicyclic) bond motifs is 1. The Kier molecular flexibility index (Phi) is 6.12. The molecule has 27 heavy (non-hydrogen) atoms. The van der Waals surface area contributed by atoms with E-state index in [1.165, 1.54) is 23.2 Å². The van der Waals surface area contributed by atoms with E-state index < -0.39 is 11.8 Å². The van der Waals surface area contributed by atoms with Crippen LogP contribution in [0.1, 0.15) is 30.0 Å². The number of nitrogens with zero attached hydrogens (tertiary/aromatic N) is 1. The van der Waals surface area contributed by atoms with Crippen molar-refractivity contribution in [1.82, 2.24) is 5.32 Å². The lowest BCUT2D eigenvalue weighted by Gasteiger charge is -2.30. The lowest BCUT2D eigenvalue weighted by atomic mass is 9.98. The normalized spacial score (nSPS) is 13.0. The predicted octanol–water partition coefficient (Wildman–Crippen LogP) is 3.06. The molecule has 2 aromatic carbocycles. The van der Waals surface area contributed by atoms with Gasteiger partial charge < -0.3 is 15.5 Å². The minimum absolute atomic E-state index is 0.441. The van der Waals surface area contributed by atoms with Crippen molar-refractivity contribution in [2.75, 3.05) is 29.9 Å². The Morgan fingerprint density at radius 1 is 1.07 bits per heavy atom. The van der Waals surface area contributed by atoms with Crippen LogP contribution in [-0.2, 0) is 22.4 Å².